The number of fused-ring (bicyclic) bond motifs is 1. The third-order valence-electron chi connectivity index (χ3n) is 4.05. The second-order valence-corrected chi connectivity index (χ2v) is 5.41. The predicted octanol–water partition coefficient (Wildman–Crippen LogP) is 4.00. The van der Waals surface area contributed by atoms with Gasteiger partial charge in [-0.3, -0.25) is 4.79 Å². The van der Waals surface area contributed by atoms with Gasteiger partial charge in [0.05, 0.1) is 5.41 Å². The standard InChI is InChI=1S/C15H20ClNO/c1-3-15(9-4-5-10-16)12-8-6-7-11(2)13(12)17-14(15)18/h6-8H,3-5,9-10H2,1-2H3,(H,17,18). The van der Waals surface area contributed by atoms with Gasteiger partial charge in [-0.1, -0.05) is 31.5 Å². The SMILES string of the molecule is CCC1(CCCCCl)C(=O)Nc2c(C)cccc21. The fourth-order valence-corrected chi connectivity index (χ4v) is 3.07. The number of anilines is 1. The van der Waals surface area contributed by atoms with E-state index >= 15 is 0 Å². The molecule has 2 rings (SSSR count). The molecule has 2 nitrogen and oxygen atoms in total. The molecule has 0 spiro atoms. The summed E-state index contributed by atoms with van der Waals surface area (Å²) in [6, 6.07) is 6.18. The Morgan fingerprint density at radius 2 is 2.11 bits per heavy atom. The van der Waals surface area contributed by atoms with Gasteiger partial charge in [0.2, 0.25) is 5.91 Å². The third kappa shape index (κ3) is 2.03. The van der Waals surface area contributed by atoms with Gasteiger partial charge in [0.25, 0.3) is 0 Å². The molecule has 1 atom stereocenters. The minimum absolute atomic E-state index is 0.156. The highest BCUT2D eigenvalue weighted by molar-refractivity contribution is 6.17. The van der Waals surface area contributed by atoms with Gasteiger partial charge in [0, 0.05) is 11.6 Å². The lowest BCUT2D eigenvalue weighted by Gasteiger charge is -2.26. The summed E-state index contributed by atoms with van der Waals surface area (Å²) in [5.41, 5.74) is 3.00. The Balaban J connectivity index is 2.36. The molecule has 1 aliphatic rings. The Hall–Kier alpha value is -1.02. The van der Waals surface area contributed by atoms with Crippen molar-refractivity contribution in [3.8, 4) is 0 Å². The average molecular weight is 266 g/mol. The second kappa shape index (κ2) is 5.31. The molecule has 0 aromatic heterocycles. The molecule has 0 saturated carbocycles. The fraction of sp³-hybridized carbons (Fsp3) is 0.533. The van der Waals surface area contributed by atoms with Crippen LogP contribution in [0.25, 0.3) is 0 Å². The summed E-state index contributed by atoms with van der Waals surface area (Å²) in [6.07, 6.45) is 3.70. The van der Waals surface area contributed by atoms with Crippen LogP contribution in [-0.2, 0) is 10.2 Å². The number of carbonyl (C=O) groups excluding carboxylic acids is 1. The van der Waals surface area contributed by atoms with Gasteiger partial charge < -0.3 is 5.32 Å². The van der Waals surface area contributed by atoms with Gasteiger partial charge in [-0.15, -0.1) is 11.6 Å². The highest BCUT2D eigenvalue weighted by atomic mass is 35.5. The van der Waals surface area contributed by atoms with E-state index in [4.69, 9.17) is 11.6 Å². The highest BCUT2D eigenvalue weighted by Crippen LogP contribution is 2.44. The van der Waals surface area contributed by atoms with E-state index in [-0.39, 0.29) is 11.3 Å². The van der Waals surface area contributed by atoms with Crippen molar-refractivity contribution >= 4 is 23.2 Å². The van der Waals surface area contributed by atoms with Crippen molar-refractivity contribution < 1.29 is 4.79 Å². The summed E-state index contributed by atoms with van der Waals surface area (Å²) in [5.74, 6) is 0.825. The number of aryl methyl sites for hydroxylation is 1. The number of unbranched alkanes of at least 4 members (excludes halogenated alkanes) is 1. The van der Waals surface area contributed by atoms with Crippen LogP contribution in [0.5, 0.6) is 0 Å². The van der Waals surface area contributed by atoms with E-state index in [2.05, 4.69) is 18.3 Å². The number of carbonyl (C=O) groups is 1. The molecule has 1 aromatic rings. The Morgan fingerprint density at radius 3 is 2.78 bits per heavy atom. The van der Waals surface area contributed by atoms with Crippen LogP contribution in [0.3, 0.4) is 0 Å². The minimum atomic E-state index is -0.340. The third-order valence-corrected chi connectivity index (χ3v) is 4.32. The van der Waals surface area contributed by atoms with Gasteiger partial charge in [-0.25, -0.2) is 0 Å². The lowest BCUT2D eigenvalue weighted by molar-refractivity contribution is -0.121. The van der Waals surface area contributed by atoms with Crippen LogP contribution < -0.4 is 5.32 Å². The minimum Gasteiger partial charge on any atom is -0.325 e. The van der Waals surface area contributed by atoms with E-state index in [9.17, 15) is 4.79 Å². The van der Waals surface area contributed by atoms with Crippen LogP contribution in [0.4, 0.5) is 5.69 Å². The molecular weight excluding hydrogens is 246 g/mol. The first-order valence-electron chi connectivity index (χ1n) is 6.63. The zero-order valence-electron chi connectivity index (χ0n) is 11.1. The number of halogens is 1. The molecule has 1 N–H and O–H groups in total. The van der Waals surface area contributed by atoms with Crippen LogP contribution in [0.1, 0.15) is 43.7 Å². The topological polar surface area (TPSA) is 29.1 Å². The zero-order chi connectivity index (χ0) is 13.2. The smallest absolute Gasteiger partial charge is 0.235 e. The first-order chi connectivity index (χ1) is 8.65. The van der Waals surface area contributed by atoms with E-state index in [0.717, 1.165) is 36.9 Å². The molecule has 0 bridgehead atoms. The lowest BCUT2D eigenvalue weighted by atomic mass is 9.75. The van der Waals surface area contributed by atoms with E-state index in [1.54, 1.807) is 0 Å². The van der Waals surface area contributed by atoms with E-state index < -0.39 is 0 Å². The molecule has 0 saturated heterocycles. The maximum absolute atomic E-state index is 12.4. The number of alkyl halides is 1. The van der Waals surface area contributed by atoms with Crippen LogP contribution in [0, 0.1) is 6.92 Å². The fourth-order valence-electron chi connectivity index (χ4n) is 2.89. The molecular formula is C15H20ClNO. The Labute approximate surface area is 114 Å². The molecule has 1 aromatic carbocycles. The number of hydrogen-bond donors (Lipinski definition) is 1. The quantitative estimate of drug-likeness (QED) is 0.633. The Kier molecular flexibility index (Phi) is 3.96. The van der Waals surface area contributed by atoms with Crippen molar-refractivity contribution in [1.82, 2.24) is 0 Å². The van der Waals surface area contributed by atoms with E-state index in [0.29, 0.717) is 5.88 Å². The molecule has 1 unspecified atom stereocenters. The molecule has 0 aliphatic carbocycles. The number of rotatable bonds is 5. The van der Waals surface area contributed by atoms with Gasteiger partial charge in [-0.05, 0) is 37.3 Å². The van der Waals surface area contributed by atoms with Crippen LogP contribution >= 0.6 is 11.6 Å². The predicted molar refractivity (Wildman–Crippen MR) is 76.3 cm³/mol. The van der Waals surface area contributed by atoms with Crippen molar-refractivity contribution in [2.75, 3.05) is 11.2 Å². The summed E-state index contributed by atoms with van der Waals surface area (Å²) >= 11 is 5.74. The molecule has 18 heavy (non-hydrogen) atoms. The zero-order valence-corrected chi connectivity index (χ0v) is 11.8. The second-order valence-electron chi connectivity index (χ2n) is 5.03. The van der Waals surface area contributed by atoms with Crippen molar-refractivity contribution in [2.24, 2.45) is 0 Å². The van der Waals surface area contributed by atoms with Crippen LogP contribution in [-0.4, -0.2) is 11.8 Å². The number of nitrogens with one attached hydrogen (secondary N) is 1. The number of amides is 1. The number of benzene rings is 1. The summed E-state index contributed by atoms with van der Waals surface area (Å²) in [5, 5.41) is 3.06. The summed E-state index contributed by atoms with van der Waals surface area (Å²) in [6.45, 7) is 4.14. The number of para-hydroxylation sites is 1. The van der Waals surface area contributed by atoms with Crippen molar-refractivity contribution in [2.45, 2.75) is 44.9 Å². The summed E-state index contributed by atoms with van der Waals surface area (Å²) in [4.78, 5) is 12.4. The van der Waals surface area contributed by atoms with Crippen molar-refractivity contribution in [3.05, 3.63) is 29.3 Å². The summed E-state index contributed by atoms with van der Waals surface area (Å²) in [7, 11) is 0. The average Bonchev–Trinajstić information content (AvgIpc) is 2.65. The van der Waals surface area contributed by atoms with E-state index in [1.807, 2.05) is 19.1 Å². The summed E-state index contributed by atoms with van der Waals surface area (Å²) < 4.78 is 0. The van der Waals surface area contributed by atoms with Gasteiger partial charge in [0.15, 0.2) is 0 Å². The Morgan fingerprint density at radius 1 is 1.33 bits per heavy atom. The number of hydrogen-bond acceptors (Lipinski definition) is 1. The molecule has 1 heterocycles. The van der Waals surface area contributed by atoms with Crippen LogP contribution in [0.2, 0.25) is 0 Å². The molecule has 3 heteroatoms. The highest BCUT2D eigenvalue weighted by Gasteiger charge is 2.44. The normalized spacial score (nSPS) is 21.8. The monoisotopic (exact) mass is 265 g/mol. The van der Waals surface area contributed by atoms with Gasteiger partial charge in [0.1, 0.15) is 0 Å². The largest absolute Gasteiger partial charge is 0.325 e. The van der Waals surface area contributed by atoms with Crippen molar-refractivity contribution in [1.29, 1.82) is 0 Å². The van der Waals surface area contributed by atoms with E-state index in [1.165, 1.54) is 5.56 Å². The molecule has 1 amide bonds. The molecule has 98 valence electrons. The van der Waals surface area contributed by atoms with Gasteiger partial charge in [-0.2, -0.15) is 0 Å². The Bertz CT molecular complexity index is 458. The maximum Gasteiger partial charge on any atom is 0.235 e. The first-order valence-corrected chi connectivity index (χ1v) is 7.16. The molecule has 0 radical (unpaired) electrons. The van der Waals surface area contributed by atoms with Gasteiger partial charge >= 0.3 is 0 Å². The molecule has 1 aliphatic heterocycles. The molecule has 0 fully saturated rings. The van der Waals surface area contributed by atoms with Crippen molar-refractivity contribution in [3.63, 3.8) is 0 Å². The maximum atomic E-state index is 12.4. The lowest BCUT2D eigenvalue weighted by Crippen LogP contribution is -2.33. The van der Waals surface area contributed by atoms with Crippen LogP contribution in [0.15, 0.2) is 18.2 Å². The first kappa shape index (κ1) is 13.4.